The summed E-state index contributed by atoms with van der Waals surface area (Å²) in [5, 5.41) is 2.03. The molecule has 9 heteroatoms. The number of anilines is 1. The van der Waals surface area contributed by atoms with E-state index in [1.54, 1.807) is 6.07 Å². The highest BCUT2D eigenvalue weighted by Gasteiger charge is 2.37. The van der Waals surface area contributed by atoms with Crippen molar-refractivity contribution < 1.29 is 9.53 Å². The minimum Gasteiger partial charge on any atom is -0.494 e. The molecule has 0 radical (unpaired) electrons. The first-order valence-corrected chi connectivity index (χ1v) is 16.5. The highest BCUT2D eigenvalue weighted by molar-refractivity contribution is 6.43. The molecule has 1 aliphatic heterocycles. The topological polar surface area (TPSA) is 58.0 Å². The Morgan fingerprint density at radius 3 is 2.30 bits per heavy atom. The summed E-state index contributed by atoms with van der Waals surface area (Å²) in [7, 11) is 0. The van der Waals surface area contributed by atoms with Gasteiger partial charge in [0, 0.05) is 49.9 Å². The number of benzene rings is 2. The maximum atomic E-state index is 14.1. The van der Waals surface area contributed by atoms with Crippen LogP contribution in [0.1, 0.15) is 67.7 Å². The van der Waals surface area contributed by atoms with E-state index in [2.05, 4.69) is 44.4 Å². The van der Waals surface area contributed by atoms with Gasteiger partial charge in [-0.05, 0) is 94.6 Å². The molecule has 0 saturated carbocycles. The number of fused-ring (bicyclic) bond motifs is 1. The second-order valence-electron chi connectivity index (χ2n) is 14.0. The van der Waals surface area contributed by atoms with E-state index in [1.165, 1.54) is 10.6 Å². The third-order valence-electron chi connectivity index (χ3n) is 8.18. The Kier molecular flexibility index (Phi) is 11.0. The van der Waals surface area contributed by atoms with Gasteiger partial charge in [0.05, 0.1) is 27.9 Å². The van der Waals surface area contributed by atoms with Gasteiger partial charge in [-0.3, -0.25) is 9.69 Å². The van der Waals surface area contributed by atoms with Crippen molar-refractivity contribution in [3.63, 3.8) is 0 Å². The third-order valence-corrected chi connectivity index (χ3v) is 8.99. The second kappa shape index (κ2) is 14.1. The average molecular weight is 644 g/mol. The minimum absolute atomic E-state index is 0.0151. The zero-order chi connectivity index (χ0) is 32.2. The van der Waals surface area contributed by atoms with Crippen LogP contribution in [0.3, 0.4) is 0 Å². The van der Waals surface area contributed by atoms with Gasteiger partial charge in [-0.2, -0.15) is 0 Å². The number of hydrogen-bond acceptors (Lipinski definition) is 5. The number of unbranched alkanes of at least 4 members (excludes halogenated alkanes) is 1. The quantitative estimate of drug-likeness (QED) is 0.209. The molecule has 1 amide bonds. The summed E-state index contributed by atoms with van der Waals surface area (Å²) in [5.74, 6) is 0.654. The normalized spacial score (nSPS) is 14.8. The second-order valence-corrected chi connectivity index (χ2v) is 14.8. The van der Waals surface area contributed by atoms with Crippen molar-refractivity contribution in [3.05, 3.63) is 68.9 Å². The van der Waals surface area contributed by atoms with E-state index >= 15 is 0 Å². The van der Waals surface area contributed by atoms with Crippen molar-refractivity contribution in [2.45, 2.75) is 79.3 Å². The van der Waals surface area contributed by atoms with Gasteiger partial charge >= 0.3 is 6.03 Å². The number of hydrogen-bond donors (Lipinski definition) is 0. The molecule has 0 N–H and O–H groups in total. The van der Waals surface area contributed by atoms with Crippen molar-refractivity contribution in [1.82, 2.24) is 14.4 Å². The molecule has 2 heterocycles. The number of carbonyl (C=O) groups excluding carboxylic acids is 1. The van der Waals surface area contributed by atoms with Crippen molar-refractivity contribution in [2.75, 3.05) is 44.2 Å². The van der Waals surface area contributed by atoms with Gasteiger partial charge in [0.15, 0.2) is 0 Å². The van der Waals surface area contributed by atoms with Gasteiger partial charge in [0.1, 0.15) is 5.75 Å². The molecule has 2 aromatic carbocycles. The molecule has 4 rings (SSSR count). The van der Waals surface area contributed by atoms with Gasteiger partial charge in [-0.1, -0.05) is 50.0 Å². The molecule has 3 aromatic rings. The first-order valence-electron chi connectivity index (χ1n) is 15.7. The summed E-state index contributed by atoms with van der Waals surface area (Å²) in [6, 6.07) is 14.3. The fraction of sp³-hybridized carbons (Fsp3) is 0.543. The lowest BCUT2D eigenvalue weighted by Crippen LogP contribution is -2.55. The number of nitrogens with zero attached hydrogens (tertiary/aromatic N) is 4. The fourth-order valence-electron chi connectivity index (χ4n) is 6.75. The molecule has 0 spiro atoms. The van der Waals surface area contributed by atoms with E-state index in [9.17, 15) is 9.59 Å². The average Bonchev–Trinajstić information content (AvgIpc) is 2.93. The number of halogens is 2. The standard InChI is InChI=1S/C35H48Cl2N4O3/c1-25(2)41(35(6,7)24-34(3,4)5)33(43)40-30-23-27(15-13-26(30)14-16-31(40)42)44-22-9-8-17-38-18-20-39(21-19-38)29-12-10-11-28(36)32(29)37/h10-16,23,25H,8-9,17-22,24H2,1-7H3. The van der Waals surface area contributed by atoms with Crippen molar-refractivity contribution >= 4 is 45.8 Å². The molecule has 0 unspecified atom stereocenters. The van der Waals surface area contributed by atoms with Crippen molar-refractivity contribution in [1.29, 1.82) is 0 Å². The number of rotatable bonds is 10. The predicted molar refractivity (Wildman–Crippen MR) is 184 cm³/mol. The van der Waals surface area contributed by atoms with E-state index in [4.69, 9.17) is 27.9 Å². The van der Waals surface area contributed by atoms with Gasteiger partial charge < -0.3 is 14.5 Å². The zero-order valence-corrected chi connectivity index (χ0v) is 28.8. The maximum Gasteiger partial charge on any atom is 0.332 e. The highest BCUT2D eigenvalue weighted by Crippen LogP contribution is 2.34. The molecular formula is C35H48Cl2N4O3. The van der Waals surface area contributed by atoms with Crippen LogP contribution in [-0.2, 0) is 0 Å². The first-order chi connectivity index (χ1) is 20.7. The number of carbonyl (C=O) groups is 1. The molecule has 0 aliphatic carbocycles. The van der Waals surface area contributed by atoms with Crippen molar-refractivity contribution in [3.8, 4) is 5.75 Å². The van der Waals surface area contributed by atoms with Gasteiger partial charge in [-0.15, -0.1) is 0 Å². The first kappa shape index (κ1) is 34.1. The van der Waals surface area contributed by atoms with E-state index in [0.717, 1.165) is 63.1 Å². The van der Waals surface area contributed by atoms with E-state index in [-0.39, 0.29) is 23.0 Å². The lowest BCUT2D eigenvalue weighted by molar-refractivity contribution is 0.0794. The fourth-order valence-corrected chi connectivity index (χ4v) is 7.16. The number of amides is 1. The zero-order valence-electron chi connectivity index (χ0n) is 27.3. The summed E-state index contributed by atoms with van der Waals surface area (Å²) in [6.45, 7) is 20.0. The lowest BCUT2D eigenvalue weighted by Gasteiger charge is -2.44. The van der Waals surface area contributed by atoms with Crippen LogP contribution in [0, 0.1) is 5.41 Å². The number of aromatic nitrogens is 1. The van der Waals surface area contributed by atoms with Crippen LogP contribution in [0.25, 0.3) is 10.9 Å². The van der Waals surface area contributed by atoms with Gasteiger partial charge in [0.2, 0.25) is 0 Å². The van der Waals surface area contributed by atoms with Crippen LogP contribution in [-0.4, -0.2) is 71.3 Å². The van der Waals surface area contributed by atoms with Crippen LogP contribution in [0.2, 0.25) is 10.0 Å². The number of ether oxygens (including phenoxy) is 1. The predicted octanol–water partition coefficient (Wildman–Crippen LogP) is 8.18. The molecule has 1 aliphatic rings. The van der Waals surface area contributed by atoms with Gasteiger partial charge in [0.25, 0.3) is 5.56 Å². The summed E-state index contributed by atoms with van der Waals surface area (Å²) in [4.78, 5) is 33.8. The molecule has 0 atom stereocenters. The highest BCUT2D eigenvalue weighted by atomic mass is 35.5. The van der Waals surface area contributed by atoms with Crippen LogP contribution in [0.5, 0.6) is 5.75 Å². The minimum atomic E-state index is -0.450. The van der Waals surface area contributed by atoms with E-state index in [1.807, 2.05) is 55.1 Å². The van der Waals surface area contributed by atoms with Crippen LogP contribution >= 0.6 is 23.2 Å². The van der Waals surface area contributed by atoms with Gasteiger partial charge in [-0.25, -0.2) is 9.36 Å². The molecular weight excluding hydrogens is 595 g/mol. The molecule has 7 nitrogen and oxygen atoms in total. The largest absolute Gasteiger partial charge is 0.494 e. The molecule has 44 heavy (non-hydrogen) atoms. The smallest absolute Gasteiger partial charge is 0.332 e. The summed E-state index contributed by atoms with van der Waals surface area (Å²) in [5.41, 5.74) is 0.792. The Hall–Kier alpha value is -2.74. The Morgan fingerprint density at radius 1 is 0.955 bits per heavy atom. The Labute approximate surface area is 272 Å². The lowest BCUT2D eigenvalue weighted by atomic mass is 9.80. The Balaban J connectivity index is 1.36. The molecule has 1 aromatic heterocycles. The van der Waals surface area contributed by atoms with Crippen molar-refractivity contribution in [2.24, 2.45) is 5.41 Å². The van der Waals surface area contributed by atoms with E-state index < -0.39 is 5.54 Å². The molecule has 0 bridgehead atoms. The molecule has 1 saturated heterocycles. The Morgan fingerprint density at radius 2 is 1.64 bits per heavy atom. The SMILES string of the molecule is CC(C)N(C(=O)n1c(=O)ccc2ccc(OCCCCN3CCN(c4cccc(Cl)c4Cl)CC3)cc21)C(C)(C)CC(C)(C)C. The monoisotopic (exact) mass is 642 g/mol. The maximum absolute atomic E-state index is 14.1. The number of piperazine rings is 1. The molecule has 1 fully saturated rings. The van der Waals surface area contributed by atoms with Crippen LogP contribution in [0.15, 0.2) is 53.3 Å². The third kappa shape index (κ3) is 8.29. The van der Waals surface area contributed by atoms with Crippen LogP contribution in [0.4, 0.5) is 10.5 Å². The summed E-state index contributed by atoms with van der Waals surface area (Å²) >= 11 is 12.6. The Bertz CT molecular complexity index is 1500. The van der Waals surface area contributed by atoms with Crippen LogP contribution < -0.4 is 15.2 Å². The molecule has 240 valence electrons. The summed E-state index contributed by atoms with van der Waals surface area (Å²) in [6.07, 6.45) is 2.71. The summed E-state index contributed by atoms with van der Waals surface area (Å²) < 4.78 is 7.43. The number of pyridine rings is 1. The van der Waals surface area contributed by atoms with E-state index in [0.29, 0.717) is 27.9 Å².